The molecule has 1 saturated heterocycles. The molecule has 13 heteroatoms. The zero-order chi connectivity index (χ0) is 37.5. The number of Topliss-reactive ketones (excluding diaryl/α,β-unsaturated/α-hetero) is 1. The lowest BCUT2D eigenvalue weighted by Crippen LogP contribution is -2.58. The van der Waals surface area contributed by atoms with Crippen LogP contribution in [-0.2, 0) is 28.1 Å². The molecule has 2 aliphatic rings. The molecule has 2 rings (SSSR count). The van der Waals surface area contributed by atoms with Crippen LogP contribution in [0.1, 0.15) is 133 Å². The van der Waals surface area contributed by atoms with E-state index in [0.717, 1.165) is 25.1 Å². The molecule has 49 heavy (non-hydrogen) atoms. The van der Waals surface area contributed by atoms with Crippen molar-refractivity contribution >= 4 is 41.8 Å². The Hall–Kier alpha value is -2.64. The van der Waals surface area contributed by atoms with Crippen molar-refractivity contribution in [3.63, 3.8) is 0 Å². The molecular formula is C36H67N5O7S. The van der Waals surface area contributed by atoms with Crippen molar-refractivity contribution in [3.05, 3.63) is 12.7 Å². The number of carbonyl (C=O) groups is 5. The van der Waals surface area contributed by atoms with Crippen LogP contribution in [0.15, 0.2) is 12.7 Å². The lowest BCUT2D eigenvalue weighted by Gasteiger charge is -2.35. The van der Waals surface area contributed by atoms with Gasteiger partial charge in [-0.2, -0.15) is 0 Å². The Morgan fingerprint density at radius 2 is 1.49 bits per heavy atom. The van der Waals surface area contributed by atoms with Gasteiger partial charge in [0.1, 0.15) is 18.2 Å². The summed E-state index contributed by atoms with van der Waals surface area (Å²) >= 11 is 0.877. The molecule has 1 saturated carbocycles. The number of nitrogens with zero attached hydrogens (tertiary/aromatic N) is 1. The number of nitrogens with one attached hydrogen (secondary N) is 4. The molecular weight excluding hydrogens is 646 g/mol. The number of hydrogen-bond acceptors (Lipinski definition) is 9. The van der Waals surface area contributed by atoms with E-state index >= 15 is 0 Å². The first-order valence-corrected chi connectivity index (χ1v) is 18.8. The number of amides is 4. The largest absolute Gasteiger partial charge is 0.459 e. The molecule has 1 aliphatic heterocycles. The summed E-state index contributed by atoms with van der Waals surface area (Å²) in [6, 6.07) is -2.43. The van der Waals surface area contributed by atoms with Crippen LogP contribution in [0.5, 0.6) is 0 Å². The molecule has 0 aromatic heterocycles. The van der Waals surface area contributed by atoms with Gasteiger partial charge in [0.25, 0.3) is 5.91 Å². The van der Waals surface area contributed by atoms with Crippen molar-refractivity contribution in [2.75, 3.05) is 26.2 Å². The van der Waals surface area contributed by atoms with Gasteiger partial charge in [0.2, 0.25) is 11.7 Å². The Kier molecular flexibility index (Phi) is 24.0. The summed E-state index contributed by atoms with van der Waals surface area (Å²) < 4.78 is 13.8. The third-order valence-corrected chi connectivity index (χ3v) is 8.03. The molecule has 0 aromatic carbocycles. The van der Waals surface area contributed by atoms with E-state index in [1.54, 1.807) is 25.7 Å². The summed E-state index contributed by atoms with van der Waals surface area (Å²) in [7, 11) is 0. The number of rotatable bonds is 15. The number of urea groups is 1. The van der Waals surface area contributed by atoms with E-state index in [1.807, 2.05) is 27.7 Å². The third kappa shape index (κ3) is 21.2. The van der Waals surface area contributed by atoms with Crippen LogP contribution in [0, 0.1) is 5.41 Å². The summed E-state index contributed by atoms with van der Waals surface area (Å²) in [5.41, 5.74) is -1.28. The van der Waals surface area contributed by atoms with E-state index in [0.29, 0.717) is 19.4 Å². The molecule has 3 atom stereocenters. The molecule has 4 amide bonds. The van der Waals surface area contributed by atoms with E-state index in [1.165, 1.54) is 51.0 Å². The van der Waals surface area contributed by atoms with Gasteiger partial charge < -0.3 is 25.6 Å². The fraction of sp³-hybridized carbons (Fsp3) is 0.806. The molecule has 0 spiro atoms. The molecule has 1 heterocycles. The van der Waals surface area contributed by atoms with Crippen molar-refractivity contribution in [1.82, 2.24) is 25.6 Å². The van der Waals surface area contributed by atoms with Crippen LogP contribution in [0.2, 0.25) is 0 Å². The van der Waals surface area contributed by atoms with Gasteiger partial charge in [-0.05, 0) is 45.4 Å². The quantitative estimate of drug-likeness (QED) is 0.0400. The fourth-order valence-electron chi connectivity index (χ4n) is 5.03. The first-order chi connectivity index (χ1) is 23.0. The van der Waals surface area contributed by atoms with E-state index in [-0.39, 0.29) is 31.6 Å². The third-order valence-electron chi connectivity index (χ3n) is 7.40. The summed E-state index contributed by atoms with van der Waals surface area (Å²) in [6.45, 7) is 21.0. The average molecular weight is 714 g/mol. The zero-order valence-electron chi connectivity index (χ0n) is 31.8. The molecule has 1 aliphatic carbocycles. The number of likely N-dealkylation sites (tertiary alicyclic amines) is 1. The van der Waals surface area contributed by atoms with Crippen LogP contribution < -0.4 is 20.7 Å². The second-order valence-corrected chi connectivity index (χ2v) is 15.2. The SMILES string of the molecule is C1CCCCC1.C=CCNC(=O)C(=O)C(CCC)NSOCC1CCCN1C(=O)C(NC(=O)NCC(=O)OC(C)(C)C)C(C)(C)C.CCC. The van der Waals surface area contributed by atoms with Gasteiger partial charge in [0.15, 0.2) is 0 Å². The topological polar surface area (TPSA) is 155 Å². The molecule has 2 fully saturated rings. The van der Waals surface area contributed by atoms with Gasteiger partial charge in [0.05, 0.1) is 30.9 Å². The minimum Gasteiger partial charge on any atom is -0.459 e. The Labute approximate surface area is 300 Å². The Morgan fingerprint density at radius 3 is 1.98 bits per heavy atom. The van der Waals surface area contributed by atoms with E-state index in [9.17, 15) is 24.0 Å². The van der Waals surface area contributed by atoms with Gasteiger partial charge in [-0.3, -0.25) is 23.4 Å². The minimum absolute atomic E-state index is 0.195. The van der Waals surface area contributed by atoms with Crippen molar-refractivity contribution < 1.29 is 32.9 Å². The van der Waals surface area contributed by atoms with Crippen LogP contribution in [-0.4, -0.2) is 84.5 Å². The average Bonchev–Trinajstić information content (AvgIpc) is 3.51. The molecule has 0 radical (unpaired) electrons. The molecule has 284 valence electrons. The monoisotopic (exact) mass is 713 g/mol. The summed E-state index contributed by atoms with van der Waals surface area (Å²) in [5, 5.41) is 7.66. The maximum atomic E-state index is 13.6. The van der Waals surface area contributed by atoms with Gasteiger partial charge in [-0.25, -0.2) is 9.52 Å². The highest BCUT2D eigenvalue weighted by Gasteiger charge is 2.40. The molecule has 12 nitrogen and oxygen atoms in total. The van der Waals surface area contributed by atoms with Gasteiger partial charge >= 0.3 is 12.0 Å². The molecule has 4 N–H and O–H groups in total. The maximum absolute atomic E-state index is 13.6. The normalized spacial score (nSPS) is 17.2. The predicted molar refractivity (Wildman–Crippen MR) is 198 cm³/mol. The van der Waals surface area contributed by atoms with Crippen LogP contribution in [0.3, 0.4) is 0 Å². The Morgan fingerprint density at radius 1 is 0.918 bits per heavy atom. The van der Waals surface area contributed by atoms with Crippen molar-refractivity contribution in [2.45, 2.75) is 157 Å². The van der Waals surface area contributed by atoms with E-state index < -0.39 is 46.8 Å². The minimum atomic E-state index is -0.849. The highest BCUT2D eigenvalue weighted by atomic mass is 32.2. The Bertz CT molecular complexity index is 997. The van der Waals surface area contributed by atoms with Crippen LogP contribution >= 0.6 is 12.2 Å². The van der Waals surface area contributed by atoms with Crippen LogP contribution in [0.25, 0.3) is 0 Å². The summed E-state index contributed by atoms with van der Waals surface area (Å²) in [4.78, 5) is 64.2. The van der Waals surface area contributed by atoms with Gasteiger partial charge in [-0.1, -0.05) is 99.0 Å². The van der Waals surface area contributed by atoms with Crippen molar-refractivity contribution in [3.8, 4) is 0 Å². The smallest absolute Gasteiger partial charge is 0.325 e. The predicted octanol–water partition coefficient (Wildman–Crippen LogP) is 6.00. The Balaban J connectivity index is 0.00000222. The highest BCUT2D eigenvalue weighted by Crippen LogP contribution is 2.26. The zero-order valence-corrected chi connectivity index (χ0v) is 32.7. The second kappa shape index (κ2) is 25.3. The first kappa shape index (κ1) is 46.4. The second-order valence-electron chi connectivity index (χ2n) is 14.6. The van der Waals surface area contributed by atoms with Crippen molar-refractivity contribution in [2.24, 2.45) is 5.41 Å². The molecule has 0 bridgehead atoms. The lowest BCUT2D eigenvalue weighted by atomic mass is 9.85. The molecule has 3 unspecified atom stereocenters. The van der Waals surface area contributed by atoms with Gasteiger partial charge in [-0.15, -0.1) is 6.58 Å². The van der Waals surface area contributed by atoms with Crippen molar-refractivity contribution in [1.29, 1.82) is 0 Å². The first-order valence-electron chi connectivity index (χ1n) is 18.1. The maximum Gasteiger partial charge on any atom is 0.325 e. The molecule has 0 aromatic rings. The van der Waals surface area contributed by atoms with Gasteiger partial charge in [0, 0.05) is 13.1 Å². The van der Waals surface area contributed by atoms with E-state index in [2.05, 4.69) is 41.1 Å². The number of hydrogen-bond donors (Lipinski definition) is 4. The number of ketones is 1. The lowest BCUT2D eigenvalue weighted by molar-refractivity contribution is -0.153. The summed E-state index contributed by atoms with van der Waals surface area (Å²) in [5.74, 6) is -2.09. The number of esters is 1. The number of ether oxygens (including phenoxy) is 1. The highest BCUT2D eigenvalue weighted by molar-refractivity contribution is 7.92. The fourth-order valence-corrected chi connectivity index (χ4v) is 5.67. The van der Waals surface area contributed by atoms with Crippen LogP contribution in [0.4, 0.5) is 4.79 Å². The number of carbonyl (C=O) groups excluding carboxylic acids is 5. The van der Waals surface area contributed by atoms with E-state index in [4.69, 9.17) is 8.92 Å². The standard InChI is InChI=1S/C27H47N5O7S.C6H12.C3H8/c1-9-12-19(21(34)23(35)28-14-10-2)31-40-38-17-18-13-11-15-32(18)24(36)22(26(3,4)5)30-25(37)29-16-20(33)39-27(6,7)8;1-2-4-6-5-3-1;1-3-2/h10,18-19,22,31H,2,9,11-17H2,1,3-8H3,(H,28,35)(H2,29,30,37);1-6H2;3H2,1-2H3. The summed E-state index contributed by atoms with van der Waals surface area (Å²) in [6.07, 6.45) is 14.4.